The van der Waals surface area contributed by atoms with Crippen LogP contribution in [0.5, 0.6) is 0 Å². The van der Waals surface area contributed by atoms with Crippen LogP contribution in [0.3, 0.4) is 0 Å². The van der Waals surface area contributed by atoms with E-state index in [0.29, 0.717) is 0 Å². The first-order valence-electron chi connectivity index (χ1n) is 6.84. The number of carbonyl (C=O) groups excluding carboxylic acids is 1. The normalized spacial score (nSPS) is 37.0. The van der Waals surface area contributed by atoms with E-state index in [1.54, 1.807) is 0 Å². The summed E-state index contributed by atoms with van der Waals surface area (Å²) in [5, 5.41) is 84.5. The molecule has 1 heterocycles. The van der Waals surface area contributed by atoms with Crippen molar-refractivity contribution in [1.82, 2.24) is 0 Å². The van der Waals surface area contributed by atoms with Crippen LogP contribution in [-0.4, -0.2) is 120 Å². The van der Waals surface area contributed by atoms with Crippen molar-refractivity contribution in [2.24, 2.45) is 0 Å². The van der Waals surface area contributed by atoms with E-state index in [1.165, 1.54) is 0 Å². The molecule has 0 aromatic heterocycles. The minimum absolute atomic E-state index is 0.792. The van der Waals surface area contributed by atoms with E-state index in [-0.39, 0.29) is 0 Å². The molecular weight excluding hydrogens is 320 g/mol. The van der Waals surface area contributed by atoms with Gasteiger partial charge in [0.05, 0.1) is 13.2 Å². The molecule has 0 aromatic rings. The summed E-state index contributed by atoms with van der Waals surface area (Å²) in [4.78, 5) is 12.1. The van der Waals surface area contributed by atoms with Crippen LogP contribution >= 0.6 is 0 Å². The molecule has 1 aliphatic heterocycles. The standard InChI is InChI=1S/C12H22O11/c13-1-3(15)5(16)7(18)9(20)11(22)12-10(21)8(19)6(17)4(2-14)23-12/h3-10,12-21H,1-2H2/t3?,4-,5?,6-,7?,8+,9?,10-,12+/m1/s1. The van der Waals surface area contributed by atoms with Gasteiger partial charge in [0.15, 0.2) is 5.78 Å². The summed E-state index contributed by atoms with van der Waals surface area (Å²) in [5.74, 6) is -1.35. The number of rotatable bonds is 7. The fourth-order valence-corrected chi connectivity index (χ4v) is 2.20. The summed E-state index contributed by atoms with van der Waals surface area (Å²) < 4.78 is 4.91. The van der Waals surface area contributed by atoms with Gasteiger partial charge in [-0.2, -0.15) is 0 Å². The Morgan fingerprint density at radius 1 is 0.913 bits per heavy atom. The third kappa shape index (κ3) is 4.22. The van der Waals surface area contributed by atoms with E-state index in [9.17, 15) is 40.5 Å². The molecule has 11 nitrogen and oxygen atoms in total. The van der Waals surface area contributed by atoms with Gasteiger partial charge in [0, 0.05) is 0 Å². The third-order valence-corrected chi connectivity index (χ3v) is 3.72. The number of ketones is 1. The lowest BCUT2D eigenvalue weighted by Gasteiger charge is -2.40. The molecule has 9 N–H and O–H groups in total. The Labute approximate surface area is 130 Å². The number of aliphatic hydroxyl groups is 9. The molecule has 23 heavy (non-hydrogen) atoms. The van der Waals surface area contributed by atoms with Crippen molar-refractivity contribution >= 4 is 5.78 Å². The largest absolute Gasteiger partial charge is 0.394 e. The number of ether oxygens (including phenoxy) is 1. The van der Waals surface area contributed by atoms with Crippen molar-refractivity contribution in [2.45, 2.75) is 54.9 Å². The fourth-order valence-electron chi connectivity index (χ4n) is 2.20. The molecule has 9 atom stereocenters. The molecule has 0 amide bonds. The summed E-state index contributed by atoms with van der Waals surface area (Å²) in [6, 6.07) is 0. The molecule has 0 saturated carbocycles. The number of hydrogen-bond donors (Lipinski definition) is 9. The molecule has 0 bridgehead atoms. The third-order valence-electron chi connectivity index (χ3n) is 3.72. The number of Topliss-reactive ketones (excluding diaryl/α,β-unsaturated/α-hetero) is 1. The topological polar surface area (TPSA) is 208 Å². The first kappa shape index (κ1) is 20.3. The highest BCUT2D eigenvalue weighted by molar-refractivity contribution is 5.88. The van der Waals surface area contributed by atoms with Gasteiger partial charge in [0.1, 0.15) is 54.9 Å². The summed E-state index contributed by atoms with van der Waals surface area (Å²) in [5.41, 5.74) is 0. The van der Waals surface area contributed by atoms with Crippen LogP contribution in [0.1, 0.15) is 0 Å². The second-order valence-electron chi connectivity index (χ2n) is 5.33. The van der Waals surface area contributed by atoms with Gasteiger partial charge in [-0.05, 0) is 0 Å². The Hall–Kier alpha value is -0.730. The maximum absolute atomic E-state index is 12.1. The molecule has 0 aliphatic carbocycles. The second kappa shape index (κ2) is 8.39. The fraction of sp³-hybridized carbons (Fsp3) is 0.917. The molecule has 4 unspecified atom stereocenters. The first-order chi connectivity index (χ1) is 10.7. The van der Waals surface area contributed by atoms with Crippen LogP contribution < -0.4 is 0 Å². The Morgan fingerprint density at radius 3 is 1.96 bits per heavy atom. The van der Waals surface area contributed by atoms with Crippen molar-refractivity contribution in [3.05, 3.63) is 0 Å². The monoisotopic (exact) mass is 342 g/mol. The Morgan fingerprint density at radius 2 is 1.48 bits per heavy atom. The summed E-state index contributed by atoms with van der Waals surface area (Å²) in [6.07, 6.45) is -17.2. The van der Waals surface area contributed by atoms with Crippen molar-refractivity contribution in [3.8, 4) is 0 Å². The van der Waals surface area contributed by atoms with E-state index < -0.39 is 73.9 Å². The Bertz CT molecular complexity index is 389. The van der Waals surface area contributed by atoms with E-state index in [0.717, 1.165) is 0 Å². The predicted molar refractivity (Wildman–Crippen MR) is 69.9 cm³/mol. The van der Waals surface area contributed by atoms with Gasteiger partial charge in [-0.3, -0.25) is 4.79 Å². The van der Waals surface area contributed by atoms with Crippen LogP contribution in [0.15, 0.2) is 0 Å². The average Bonchev–Trinajstić information content (AvgIpc) is 2.56. The molecule has 0 radical (unpaired) electrons. The zero-order chi connectivity index (χ0) is 17.9. The van der Waals surface area contributed by atoms with Crippen LogP contribution in [0, 0.1) is 0 Å². The second-order valence-corrected chi connectivity index (χ2v) is 5.33. The lowest BCUT2D eigenvalue weighted by Crippen LogP contribution is -2.63. The lowest BCUT2D eigenvalue weighted by atomic mass is 9.89. The zero-order valence-electron chi connectivity index (χ0n) is 12.0. The summed E-state index contributed by atoms with van der Waals surface area (Å²) in [6.45, 7) is -1.74. The van der Waals surface area contributed by atoms with Gasteiger partial charge in [0.2, 0.25) is 0 Å². The SMILES string of the molecule is O=C(C(O)C(O)C(O)C(O)CO)[C@H]1O[C@H](CO)[C@@H](O)[C@H](O)[C@H]1O. The molecule has 1 fully saturated rings. The predicted octanol–water partition coefficient (Wildman–Crippen LogP) is -6.17. The quantitative estimate of drug-likeness (QED) is 0.212. The van der Waals surface area contributed by atoms with Crippen LogP contribution in [0.4, 0.5) is 0 Å². The highest BCUT2D eigenvalue weighted by atomic mass is 16.5. The maximum Gasteiger partial charge on any atom is 0.195 e. The van der Waals surface area contributed by atoms with E-state index >= 15 is 0 Å². The van der Waals surface area contributed by atoms with Crippen molar-refractivity contribution in [2.75, 3.05) is 13.2 Å². The average molecular weight is 342 g/mol. The lowest BCUT2D eigenvalue weighted by molar-refractivity contribution is -0.231. The number of carbonyl (C=O) groups is 1. The maximum atomic E-state index is 12.1. The van der Waals surface area contributed by atoms with E-state index in [2.05, 4.69) is 0 Å². The van der Waals surface area contributed by atoms with Gasteiger partial charge in [-0.1, -0.05) is 0 Å². The first-order valence-corrected chi connectivity index (χ1v) is 6.84. The zero-order valence-corrected chi connectivity index (χ0v) is 12.0. The van der Waals surface area contributed by atoms with Crippen molar-refractivity contribution in [1.29, 1.82) is 0 Å². The van der Waals surface area contributed by atoms with E-state index in [4.69, 9.17) is 14.9 Å². The molecule has 136 valence electrons. The van der Waals surface area contributed by atoms with E-state index in [1.807, 2.05) is 0 Å². The molecule has 11 heteroatoms. The van der Waals surface area contributed by atoms with Gasteiger partial charge in [-0.25, -0.2) is 0 Å². The minimum atomic E-state index is -2.33. The van der Waals surface area contributed by atoms with Gasteiger partial charge < -0.3 is 50.7 Å². The summed E-state index contributed by atoms with van der Waals surface area (Å²) in [7, 11) is 0. The molecular formula is C12H22O11. The highest BCUT2D eigenvalue weighted by Crippen LogP contribution is 2.23. The van der Waals surface area contributed by atoms with Gasteiger partial charge in [-0.15, -0.1) is 0 Å². The summed E-state index contributed by atoms with van der Waals surface area (Å²) >= 11 is 0. The number of aliphatic hydroxyl groups excluding tert-OH is 9. The smallest absolute Gasteiger partial charge is 0.195 e. The van der Waals surface area contributed by atoms with Crippen LogP contribution in [0.2, 0.25) is 0 Å². The molecule has 1 aliphatic rings. The van der Waals surface area contributed by atoms with Gasteiger partial charge in [0.25, 0.3) is 0 Å². The van der Waals surface area contributed by atoms with Crippen LogP contribution in [-0.2, 0) is 9.53 Å². The Kier molecular flexibility index (Phi) is 7.41. The van der Waals surface area contributed by atoms with Crippen molar-refractivity contribution in [3.63, 3.8) is 0 Å². The highest BCUT2D eigenvalue weighted by Gasteiger charge is 2.49. The molecule has 1 saturated heterocycles. The van der Waals surface area contributed by atoms with Crippen LogP contribution in [0.25, 0.3) is 0 Å². The minimum Gasteiger partial charge on any atom is -0.394 e. The van der Waals surface area contributed by atoms with Crippen molar-refractivity contribution < 1.29 is 55.5 Å². The molecule has 0 spiro atoms. The van der Waals surface area contributed by atoms with Gasteiger partial charge >= 0.3 is 0 Å². The number of hydrogen-bond acceptors (Lipinski definition) is 11. The Balaban J connectivity index is 2.85. The molecule has 0 aromatic carbocycles. The molecule has 1 rings (SSSR count).